The molecule has 4 heterocycles. The van der Waals surface area contributed by atoms with E-state index in [1.165, 1.54) is 92.0 Å². The van der Waals surface area contributed by atoms with Gasteiger partial charge < -0.3 is 4.40 Å². The van der Waals surface area contributed by atoms with Crippen LogP contribution in [0.2, 0.25) is 0 Å². The van der Waals surface area contributed by atoms with Crippen LogP contribution in [-0.4, -0.2) is 14.4 Å². The van der Waals surface area contributed by atoms with Crippen molar-refractivity contribution in [2.75, 3.05) is 0 Å². The molecule has 3 nitrogen and oxygen atoms in total. The lowest BCUT2D eigenvalue weighted by molar-refractivity contribution is 0.686. The van der Waals surface area contributed by atoms with E-state index in [9.17, 15) is 0 Å². The Balaban J connectivity index is 1.14. The van der Waals surface area contributed by atoms with Gasteiger partial charge in [0.1, 0.15) is 5.82 Å². The van der Waals surface area contributed by atoms with E-state index in [-0.39, 0.29) is 5.92 Å². The van der Waals surface area contributed by atoms with Gasteiger partial charge in [0.2, 0.25) is 0 Å². The Hall–Kier alpha value is -6.62. The number of rotatable bonds is 2. The average molecular weight is 718 g/mol. The Kier molecular flexibility index (Phi) is 5.94. The van der Waals surface area contributed by atoms with Gasteiger partial charge >= 0.3 is 0 Å². The molecule has 0 fully saturated rings. The van der Waals surface area contributed by atoms with Gasteiger partial charge in [-0.15, -0.1) is 11.3 Å². The molecule has 1 unspecified atom stereocenters. The highest BCUT2D eigenvalue weighted by Crippen LogP contribution is 2.52. The molecule has 0 saturated heterocycles. The quantitative estimate of drug-likeness (QED) is 0.178. The molecule has 1 aliphatic rings. The van der Waals surface area contributed by atoms with Crippen LogP contribution < -0.4 is 0 Å². The molecule has 4 heteroatoms. The third-order valence-corrected chi connectivity index (χ3v) is 13.5. The fourth-order valence-corrected chi connectivity index (χ4v) is 11.1. The van der Waals surface area contributed by atoms with Crippen molar-refractivity contribution in [2.45, 2.75) is 18.8 Å². The average Bonchev–Trinajstić information content (AvgIpc) is 3.86. The van der Waals surface area contributed by atoms with Crippen LogP contribution in [0.3, 0.4) is 0 Å². The molecule has 0 saturated carbocycles. The monoisotopic (exact) mass is 717 g/mol. The summed E-state index contributed by atoms with van der Waals surface area (Å²) in [5, 5.41) is 11.5. The lowest BCUT2D eigenvalue weighted by Gasteiger charge is -2.20. The van der Waals surface area contributed by atoms with E-state index in [0.29, 0.717) is 0 Å². The molecule has 0 N–H and O–H groups in total. The number of benzene rings is 8. The molecule has 256 valence electrons. The Labute approximate surface area is 320 Å². The van der Waals surface area contributed by atoms with Crippen molar-refractivity contribution in [1.29, 1.82) is 0 Å². The SMILES string of the molecule is c1ccc2cc(-c3nc(C4CCc5cc6c7ccccc7n7c8ccccc8c(c5-c5c4ccc4ccccc54)c67)nc4c3sc3ccccc34)ccc2c1. The summed E-state index contributed by atoms with van der Waals surface area (Å²) in [6.07, 6.45) is 1.83. The first-order valence-electron chi connectivity index (χ1n) is 19.2. The highest BCUT2D eigenvalue weighted by molar-refractivity contribution is 7.26. The number of thiophene rings is 1. The van der Waals surface area contributed by atoms with Crippen molar-refractivity contribution in [3.05, 3.63) is 175 Å². The molecule has 0 aliphatic heterocycles. The molecule has 0 spiro atoms. The van der Waals surface area contributed by atoms with Crippen LogP contribution in [0.25, 0.3) is 102 Å². The van der Waals surface area contributed by atoms with Gasteiger partial charge in [0, 0.05) is 43.1 Å². The van der Waals surface area contributed by atoms with E-state index < -0.39 is 0 Å². The summed E-state index contributed by atoms with van der Waals surface area (Å²) in [7, 11) is 0. The van der Waals surface area contributed by atoms with Gasteiger partial charge in [-0.3, -0.25) is 0 Å². The molecule has 1 atom stereocenters. The second-order valence-electron chi connectivity index (χ2n) is 15.2. The largest absolute Gasteiger partial charge is 0.308 e. The second kappa shape index (κ2) is 11.0. The Morgan fingerprint density at radius 3 is 2.11 bits per heavy atom. The predicted octanol–water partition coefficient (Wildman–Crippen LogP) is 13.7. The maximum absolute atomic E-state index is 5.65. The van der Waals surface area contributed by atoms with Gasteiger partial charge in [0.15, 0.2) is 0 Å². The minimum Gasteiger partial charge on any atom is -0.308 e. The van der Waals surface area contributed by atoms with E-state index >= 15 is 0 Å². The molecular formula is C51H31N3S. The fraction of sp³-hybridized carbons (Fsp3) is 0.0588. The van der Waals surface area contributed by atoms with E-state index in [4.69, 9.17) is 9.97 Å². The first-order valence-corrected chi connectivity index (χ1v) is 20.0. The van der Waals surface area contributed by atoms with Gasteiger partial charge in [-0.25, -0.2) is 9.97 Å². The van der Waals surface area contributed by atoms with Crippen LogP contribution in [0.4, 0.5) is 0 Å². The first-order chi connectivity index (χ1) is 27.3. The molecular weight excluding hydrogens is 687 g/mol. The summed E-state index contributed by atoms with van der Waals surface area (Å²) < 4.78 is 4.90. The lowest BCUT2D eigenvalue weighted by atomic mass is 9.85. The molecule has 8 aromatic carbocycles. The van der Waals surface area contributed by atoms with Gasteiger partial charge in [-0.1, -0.05) is 127 Å². The van der Waals surface area contributed by atoms with E-state index in [1.54, 1.807) is 11.3 Å². The zero-order chi connectivity index (χ0) is 35.8. The van der Waals surface area contributed by atoms with Crippen molar-refractivity contribution in [3.8, 4) is 22.4 Å². The standard InChI is InChI=1S/C51H31N3S/c1-2-13-31-27-33(22-21-29(31)11-1)47-50-48(39-17-7-10-20-43(39)55-50)53-51(52-47)37-26-24-32-28-40-35-15-5-8-18-41(35)54-42-19-9-6-16-38(42)46(49(40)54)44(32)45-34-14-4-3-12-30(34)23-25-36(37)45/h1-23,25,27-28,37H,24,26H2. The summed E-state index contributed by atoms with van der Waals surface area (Å²) in [4.78, 5) is 11.2. The third kappa shape index (κ3) is 4.04. The molecule has 13 rings (SSSR count). The molecule has 12 aromatic rings. The van der Waals surface area contributed by atoms with Gasteiger partial charge in [0.05, 0.1) is 32.5 Å². The van der Waals surface area contributed by atoms with Crippen LogP contribution in [0.15, 0.2) is 158 Å². The summed E-state index contributed by atoms with van der Waals surface area (Å²) in [5.41, 5.74) is 12.5. The second-order valence-corrected chi connectivity index (χ2v) is 16.2. The minimum absolute atomic E-state index is 0.00338. The van der Waals surface area contributed by atoms with Crippen molar-refractivity contribution in [1.82, 2.24) is 14.4 Å². The molecule has 4 aromatic heterocycles. The number of hydrogen-bond donors (Lipinski definition) is 0. The van der Waals surface area contributed by atoms with Crippen molar-refractivity contribution >= 4 is 91.3 Å². The third-order valence-electron chi connectivity index (χ3n) is 12.3. The van der Waals surface area contributed by atoms with Crippen LogP contribution in [0.1, 0.15) is 29.3 Å². The predicted molar refractivity (Wildman–Crippen MR) is 232 cm³/mol. The van der Waals surface area contributed by atoms with E-state index in [1.807, 2.05) is 0 Å². The smallest absolute Gasteiger partial charge is 0.137 e. The van der Waals surface area contributed by atoms with Crippen molar-refractivity contribution < 1.29 is 0 Å². The van der Waals surface area contributed by atoms with Gasteiger partial charge in [-0.05, 0) is 87.0 Å². The van der Waals surface area contributed by atoms with Crippen molar-refractivity contribution in [3.63, 3.8) is 0 Å². The highest BCUT2D eigenvalue weighted by Gasteiger charge is 2.32. The topological polar surface area (TPSA) is 30.2 Å². The summed E-state index contributed by atoms with van der Waals surface area (Å²) >= 11 is 1.81. The normalized spacial score (nSPS) is 14.6. The summed E-state index contributed by atoms with van der Waals surface area (Å²) in [6.45, 7) is 0. The van der Waals surface area contributed by atoms with E-state index in [0.717, 1.165) is 40.1 Å². The number of fused-ring (bicyclic) bond motifs is 16. The van der Waals surface area contributed by atoms with Crippen molar-refractivity contribution in [2.24, 2.45) is 0 Å². The Bertz CT molecular complexity index is 3570. The molecule has 0 amide bonds. The maximum Gasteiger partial charge on any atom is 0.137 e. The minimum atomic E-state index is -0.00338. The van der Waals surface area contributed by atoms with Crippen LogP contribution in [0, 0.1) is 0 Å². The zero-order valence-electron chi connectivity index (χ0n) is 29.8. The number of hydrogen-bond acceptors (Lipinski definition) is 3. The Morgan fingerprint density at radius 1 is 0.545 bits per heavy atom. The highest BCUT2D eigenvalue weighted by atomic mass is 32.1. The fourth-order valence-electron chi connectivity index (χ4n) is 9.94. The van der Waals surface area contributed by atoms with Gasteiger partial charge in [0.25, 0.3) is 0 Å². The van der Waals surface area contributed by atoms with E-state index in [2.05, 4.69) is 162 Å². The zero-order valence-corrected chi connectivity index (χ0v) is 30.6. The number of aryl methyl sites for hydroxylation is 1. The number of para-hydroxylation sites is 2. The summed E-state index contributed by atoms with van der Waals surface area (Å²) in [6, 6.07) is 58.2. The van der Waals surface area contributed by atoms with Crippen LogP contribution in [0.5, 0.6) is 0 Å². The summed E-state index contributed by atoms with van der Waals surface area (Å²) in [5.74, 6) is 0.899. The molecule has 0 radical (unpaired) electrons. The first kappa shape index (κ1) is 29.8. The molecule has 1 aliphatic carbocycles. The van der Waals surface area contributed by atoms with Crippen LogP contribution in [-0.2, 0) is 6.42 Å². The molecule has 55 heavy (non-hydrogen) atoms. The number of aromatic nitrogens is 3. The lowest BCUT2D eigenvalue weighted by Crippen LogP contribution is -2.08. The van der Waals surface area contributed by atoms with Crippen LogP contribution >= 0.6 is 11.3 Å². The number of nitrogens with zero attached hydrogens (tertiary/aromatic N) is 3. The molecule has 0 bridgehead atoms. The maximum atomic E-state index is 5.65. The Morgan fingerprint density at radius 2 is 1.24 bits per heavy atom. The van der Waals surface area contributed by atoms with Gasteiger partial charge in [-0.2, -0.15) is 0 Å².